The standard InChI is InChI=1S/C19H15ClFN5O2S2/c1-12-3-2-4-13(9-12)26(18-7-8-23-24-18)14-5-6-16(15(21)10-14)30(27,28)25-19-22-11-17(20)29-19/h2-11H,1H3,(H,22,25)(H,23,24). The molecule has 4 rings (SSSR count). The van der Waals surface area contributed by atoms with Crippen LogP contribution in [0.4, 0.5) is 26.7 Å². The van der Waals surface area contributed by atoms with Gasteiger partial charge in [-0.15, -0.1) is 0 Å². The molecule has 0 atom stereocenters. The SMILES string of the molecule is Cc1cccc(N(c2ccc(S(=O)(=O)Nc3ncc(Cl)s3)c(F)c2)c2ccn[nH]2)c1. The topological polar surface area (TPSA) is 91.0 Å². The van der Waals surface area contributed by atoms with E-state index >= 15 is 0 Å². The molecule has 11 heteroatoms. The van der Waals surface area contributed by atoms with Crippen molar-refractivity contribution in [2.45, 2.75) is 11.8 Å². The van der Waals surface area contributed by atoms with E-state index in [2.05, 4.69) is 19.9 Å². The summed E-state index contributed by atoms with van der Waals surface area (Å²) in [5.41, 5.74) is 2.21. The minimum atomic E-state index is -4.17. The first-order chi connectivity index (χ1) is 14.3. The zero-order chi connectivity index (χ0) is 21.3. The number of H-pyrrole nitrogens is 1. The highest BCUT2D eigenvalue weighted by Crippen LogP contribution is 2.35. The maximum Gasteiger partial charge on any atom is 0.266 e. The van der Waals surface area contributed by atoms with Gasteiger partial charge in [-0.3, -0.25) is 14.7 Å². The predicted octanol–water partition coefficient (Wildman–Crippen LogP) is 5.24. The van der Waals surface area contributed by atoms with E-state index in [-0.39, 0.29) is 5.13 Å². The van der Waals surface area contributed by atoms with Gasteiger partial charge < -0.3 is 0 Å². The first-order valence-corrected chi connectivity index (χ1v) is 11.3. The van der Waals surface area contributed by atoms with Crippen LogP contribution in [0.2, 0.25) is 4.34 Å². The Morgan fingerprint density at radius 3 is 2.60 bits per heavy atom. The molecular formula is C19H15ClFN5O2S2. The van der Waals surface area contributed by atoms with Crippen LogP contribution < -0.4 is 9.62 Å². The zero-order valence-electron chi connectivity index (χ0n) is 15.5. The van der Waals surface area contributed by atoms with Crippen molar-refractivity contribution in [3.05, 3.63) is 76.6 Å². The molecule has 2 aromatic heterocycles. The molecule has 2 heterocycles. The third kappa shape index (κ3) is 4.16. The highest BCUT2D eigenvalue weighted by atomic mass is 35.5. The molecule has 7 nitrogen and oxygen atoms in total. The molecular weight excluding hydrogens is 449 g/mol. The lowest BCUT2D eigenvalue weighted by molar-refractivity contribution is 0.570. The lowest BCUT2D eigenvalue weighted by Gasteiger charge is -2.24. The number of nitrogens with one attached hydrogen (secondary N) is 2. The largest absolute Gasteiger partial charge is 0.295 e. The van der Waals surface area contributed by atoms with Crippen LogP contribution >= 0.6 is 22.9 Å². The first kappa shape index (κ1) is 20.3. The van der Waals surface area contributed by atoms with E-state index in [9.17, 15) is 12.8 Å². The summed E-state index contributed by atoms with van der Waals surface area (Å²) in [6.07, 6.45) is 2.89. The number of anilines is 4. The maximum atomic E-state index is 14.9. The summed E-state index contributed by atoms with van der Waals surface area (Å²) in [4.78, 5) is 5.09. The molecule has 2 aromatic carbocycles. The molecule has 0 saturated carbocycles. The Hall–Kier alpha value is -2.95. The molecule has 0 bridgehead atoms. The quantitative estimate of drug-likeness (QED) is 0.408. The van der Waals surface area contributed by atoms with E-state index < -0.39 is 20.7 Å². The number of thiazole rings is 1. The van der Waals surface area contributed by atoms with Crippen LogP contribution in [0.15, 0.2) is 65.8 Å². The number of aromatic nitrogens is 3. The smallest absolute Gasteiger partial charge is 0.266 e. The third-order valence-corrected chi connectivity index (χ3v) is 6.68. The molecule has 0 spiro atoms. The van der Waals surface area contributed by atoms with Gasteiger partial charge in [-0.1, -0.05) is 35.1 Å². The van der Waals surface area contributed by atoms with Crippen molar-refractivity contribution in [2.24, 2.45) is 0 Å². The van der Waals surface area contributed by atoms with Gasteiger partial charge in [-0.2, -0.15) is 5.10 Å². The molecule has 2 N–H and O–H groups in total. The average Bonchev–Trinajstić information content (AvgIpc) is 3.34. The summed E-state index contributed by atoms with van der Waals surface area (Å²) >= 11 is 6.72. The van der Waals surface area contributed by atoms with Crippen molar-refractivity contribution in [1.29, 1.82) is 0 Å². The number of halogens is 2. The minimum absolute atomic E-state index is 0.0577. The van der Waals surface area contributed by atoms with E-state index in [1.807, 2.05) is 31.2 Å². The summed E-state index contributed by atoms with van der Waals surface area (Å²) in [6.45, 7) is 1.95. The Morgan fingerprint density at radius 2 is 1.97 bits per heavy atom. The molecule has 0 amide bonds. The van der Waals surface area contributed by atoms with Crippen LogP contribution in [-0.4, -0.2) is 23.6 Å². The number of benzene rings is 2. The molecule has 0 aliphatic carbocycles. The summed E-state index contributed by atoms with van der Waals surface area (Å²) in [6, 6.07) is 13.2. The Kier molecular flexibility index (Phi) is 5.46. The lowest BCUT2D eigenvalue weighted by Crippen LogP contribution is -2.16. The van der Waals surface area contributed by atoms with Crippen LogP contribution in [0.25, 0.3) is 0 Å². The number of aryl methyl sites for hydroxylation is 1. The monoisotopic (exact) mass is 463 g/mol. The molecule has 154 valence electrons. The summed E-state index contributed by atoms with van der Waals surface area (Å²) in [5, 5.41) is 6.88. The molecule has 0 aliphatic rings. The normalized spacial score (nSPS) is 11.4. The lowest BCUT2D eigenvalue weighted by atomic mass is 10.2. The van der Waals surface area contributed by atoms with Gasteiger partial charge in [0.05, 0.1) is 18.1 Å². The number of hydrogen-bond donors (Lipinski definition) is 2. The van der Waals surface area contributed by atoms with Gasteiger partial charge in [-0.25, -0.2) is 17.8 Å². The fraction of sp³-hybridized carbons (Fsp3) is 0.0526. The van der Waals surface area contributed by atoms with Crippen molar-refractivity contribution in [3.63, 3.8) is 0 Å². The Bertz CT molecular complexity index is 1290. The maximum absolute atomic E-state index is 14.9. The summed E-state index contributed by atoms with van der Waals surface area (Å²) in [5.74, 6) is -0.300. The highest BCUT2D eigenvalue weighted by Gasteiger charge is 2.23. The van der Waals surface area contributed by atoms with E-state index in [0.717, 1.165) is 28.7 Å². The second-order valence-electron chi connectivity index (χ2n) is 6.31. The highest BCUT2D eigenvalue weighted by molar-refractivity contribution is 7.93. The van der Waals surface area contributed by atoms with E-state index in [1.165, 1.54) is 18.3 Å². The molecule has 0 aliphatic heterocycles. The van der Waals surface area contributed by atoms with Gasteiger partial charge in [0.2, 0.25) is 0 Å². The van der Waals surface area contributed by atoms with Crippen LogP contribution in [0.1, 0.15) is 5.56 Å². The minimum Gasteiger partial charge on any atom is -0.295 e. The molecule has 0 saturated heterocycles. The first-order valence-electron chi connectivity index (χ1n) is 8.63. The van der Waals surface area contributed by atoms with Crippen LogP contribution in [0.5, 0.6) is 0 Å². The van der Waals surface area contributed by atoms with Crippen molar-refractivity contribution < 1.29 is 12.8 Å². The Morgan fingerprint density at radius 1 is 1.17 bits per heavy atom. The van der Waals surface area contributed by atoms with E-state index in [0.29, 0.717) is 15.8 Å². The van der Waals surface area contributed by atoms with Gasteiger partial charge in [0.15, 0.2) is 5.13 Å². The number of rotatable bonds is 6. The van der Waals surface area contributed by atoms with Crippen molar-refractivity contribution >= 4 is 55.3 Å². The number of sulfonamides is 1. The van der Waals surface area contributed by atoms with Crippen LogP contribution in [0.3, 0.4) is 0 Å². The third-order valence-electron chi connectivity index (χ3n) is 4.15. The van der Waals surface area contributed by atoms with Gasteiger partial charge in [0, 0.05) is 11.8 Å². The van der Waals surface area contributed by atoms with Gasteiger partial charge in [0.25, 0.3) is 10.0 Å². The summed E-state index contributed by atoms with van der Waals surface area (Å²) in [7, 11) is -4.17. The van der Waals surface area contributed by atoms with Crippen molar-refractivity contribution in [1.82, 2.24) is 15.2 Å². The number of aromatic amines is 1. The molecule has 0 unspecified atom stereocenters. The van der Waals surface area contributed by atoms with Gasteiger partial charge in [0.1, 0.15) is 20.9 Å². The fourth-order valence-corrected chi connectivity index (χ4v) is 5.00. The number of nitrogens with zero attached hydrogens (tertiary/aromatic N) is 3. The van der Waals surface area contributed by atoms with Crippen LogP contribution in [-0.2, 0) is 10.0 Å². The molecule has 0 fully saturated rings. The van der Waals surface area contributed by atoms with Crippen molar-refractivity contribution in [3.8, 4) is 0 Å². The summed E-state index contributed by atoms with van der Waals surface area (Å²) < 4.78 is 42.7. The Balaban J connectivity index is 1.73. The molecule has 0 radical (unpaired) electrons. The fourth-order valence-electron chi connectivity index (χ4n) is 2.89. The van der Waals surface area contributed by atoms with E-state index in [4.69, 9.17) is 11.6 Å². The van der Waals surface area contributed by atoms with Gasteiger partial charge in [-0.05, 0) is 42.8 Å². The van der Waals surface area contributed by atoms with E-state index in [1.54, 1.807) is 17.2 Å². The average molecular weight is 464 g/mol. The zero-order valence-corrected chi connectivity index (χ0v) is 17.9. The second-order valence-corrected chi connectivity index (χ2v) is 9.62. The molecule has 30 heavy (non-hydrogen) atoms. The van der Waals surface area contributed by atoms with Crippen LogP contribution in [0, 0.1) is 12.7 Å². The number of hydrogen-bond acceptors (Lipinski definition) is 6. The predicted molar refractivity (Wildman–Crippen MR) is 116 cm³/mol. The van der Waals surface area contributed by atoms with Gasteiger partial charge >= 0.3 is 0 Å². The van der Waals surface area contributed by atoms with Crippen molar-refractivity contribution in [2.75, 3.05) is 9.62 Å². The second kappa shape index (κ2) is 8.05. The molecule has 4 aromatic rings. The Labute approximate surface area is 181 Å².